The topological polar surface area (TPSA) is 9.23 Å². The van der Waals surface area contributed by atoms with Gasteiger partial charge in [0.2, 0.25) is 0 Å². The second kappa shape index (κ2) is 7.10. The normalized spacial score (nSPS) is 11.9. The van der Waals surface area contributed by atoms with Crippen molar-refractivity contribution in [2.45, 2.75) is 45.3 Å². The van der Waals surface area contributed by atoms with E-state index in [-0.39, 0.29) is 5.56 Å². The lowest BCUT2D eigenvalue weighted by Crippen LogP contribution is -2.29. The second-order valence-corrected chi connectivity index (χ2v) is 9.56. The second-order valence-electron chi connectivity index (χ2n) is 5.25. The molecule has 19 heavy (non-hydrogen) atoms. The number of unbranched alkanes of at least 4 members (excludes halogenated alkanes) is 1. The molecule has 0 aliphatic heterocycles. The Morgan fingerprint density at radius 1 is 1.05 bits per heavy atom. The molecule has 0 saturated carbocycles. The third-order valence-electron chi connectivity index (χ3n) is 3.10. The van der Waals surface area contributed by atoms with Gasteiger partial charge in [0.25, 0.3) is 0 Å². The van der Waals surface area contributed by atoms with Crippen LogP contribution in [-0.4, -0.2) is 14.9 Å². The fraction of sp³-hybridized carbons (Fsp3) is 0.571. The number of halogens is 3. The molecule has 0 bridgehead atoms. The summed E-state index contributed by atoms with van der Waals surface area (Å²) in [6, 6.07) is 2.43. The molecule has 0 aromatic heterocycles. The van der Waals surface area contributed by atoms with Crippen LogP contribution in [0.15, 0.2) is 12.1 Å². The fourth-order valence-corrected chi connectivity index (χ4v) is 4.15. The van der Waals surface area contributed by atoms with Crippen molar-refractivity contribution >= 4 is 8.32 Å². The predicted octanol–water partition coefficient (Wildman–Crippen LogP) is 4.67. The summed E-state index contributed by atoms with van der Waals surface area (Å²) in [7, 11) is -1.63. The molecule has 0 saturated heterocycles. The summed E-state index contributed by atoms with van der Waals surface area (Å²) in [5, 5.41) is 0. The van der Waals surface area contributed by atoms with E-state index in [1.807, 2.05) is 6.92 Å². The fourth-order valence-electron chi connectivity index (χ4n) is 2.13. The lowest BCUT2D eigenvalue weighted by Gasteiger charge is -2.21. The highest BCUT2D eigenvalue weighted by Crippen LogP contribution is 2.20. The summed E-state index contributed by atoms with van der Waals surface area (Å²) < 4.78 is 45.2. The van der Waals surface area contributed by atoms with Crippen molar-refractivity contribution in [1.29, 1.82) is 0 Å². The van der Waals surface area contributed by atoms with Crippen molar-refractivity contribution in [3.8, 4) is 0 Å². The lowest BCUT2D eigenvalue weighted by atomic mass is 10.1. The Morgan fingerprint density at radius 2 is 1.63 bits per heavy atom. The van der Waals surface area contributed by atoms with E-state index in [9.17, 15) is 13.2 Å². The molecule has 0 heterocycles. The van der Waals surface area contributed by atoms with Crippen LogP contribution in [0.5, 0.6) is 0 Å². The average molecular weight is 290 g/mol. The third-order valence-corrected chi connectivity index (χ3v) is 5.72. The molecular formula is C14H21F3OSi. The van der Waals surface area contributed by atoms with Gasteiger partial charge in [-0.3, -0.25) is 0 Å². The van der Waals surface area contributed by atoms with E-state index in [1.165, 1.54) is 0 Å². The van der Waals surface area contributed by atoms with Crippen LogP contribution in [0.1, 0.15) is 25.3 Å². The van der Waals surface area contributed by atoms with Crippen LogP contribution in [0, 0.1) is 17.5 Å². The first-order chi connectivity index (χ1) is 8.85. The van der Waals surface area contributed by atoms with Gasteiger partial charge in [0.15, 0.2) is 8.32 Å². The minimum atomic E-state index is -1.63. The zero-order valence-corrected chi connectivity index (χ0v) is 12.7. The van der Waals surface area contributed by atoms with Crippen molar-refractivity contribution < 1.29 is 17.6 Å². The smallest absolute Gasteiger partial charge is 0.186 e. The largest absolute Gasteiger partial charge is 0.418 e. The summed E-state index contributed by atoms with van der Waals surface area (Å²) in [5.74, 6) is -2.46. The maximum atomic E-state index is 13.4. The monoisotopic (exact) mass is 290 g/mol. The van der Waals surface area contributed by atoms with E-state index < -0.39 is 25.8 Å². The number of hydrogen-bond donors (Lipinski definition) is 0. The Labute approximate surface area is 113 Å². The predicted molar refractivity (Wildman–Crippen MR) is 73.2 cm³/mol. The number of rotatable bonds is 7. The van der Waals surface area contributed by atoms with Gasteiger partial charge in [-0.25, -0.2) is 13.2 Å². The molecule has 1 nitrogen and oxygen atoms in total. The first-order valence-corrected chi connectivity index (χ1v) is 9.74. The van der Waals surface area contributed by atoms with Gasteiger partial charge in [-0.05, 0) is 38.9 Å². The van der Waals surface area contributed by atoms with Crippen molar-refractivity contribution in [2.75, 3.05) is 6.61 Å². The summed E-state index contributed by atoms with van der Waals surface area (Å²) in [6.45, 7) is 6.95. The Balaban J connectivity index is 2.46. The van der Waals surface area contributed by atoms with Crippen molar-refractivity contribution in [3.63, 3.8) is 0 Å². The van der Waals surface area contributed by atoms with Crippen molar-refractivity contribution in [3.05, 3.63) is 35.1 Å². The van der Waals surface area contributed by atoms with E-state index in [4.69, 9.17) is 4.43 Å². The van der Waals surface area contributed by atoms with Gasteiger partial charge in [-0.15, -0.1) is 0 Å². The molecule has 0 aliphatic carbocycles. The molecule has 108 valence electrons. The first kappa shape index (κ1) is 16.2. The average Bonchev–Trinajstić information content (AvgIpc) is 2.26. The lowest BCUT2D eigenvalue weighted by molar-refractivity contribution is 0.327. The molecule has 1 rings (SSSR count). The minimum absolute atomic E-state index is 0.0164. The van der Waals surface area contributed by atoms with Gasteiger partial charge in [-0.1, -0.05) is 6.42 Å². The highest BCUT2D eigenvalue weighted by Gasteiger charge is 2.21. The van der Waals surface area contributed by atoms with Gasteiger partial charge in [0.1, 0.15) is 17.5 Å². The molecule has 0 atom stereocenters. The van der Waals surface area contributed by atoms with Crippen molar-refractivity contribution in [2.24, 2.45) is 0 Å². The summed E-state index contributed by atoms with van der Waals surface area (Å²) in [5.41, 5.74) is -0.0164. The standard InChI is InChI=1S/C14H21F3OSi/c1-4-18-19(2,3)8-6-5-7-12-13(16)9-11(15)10-14(12)17/h9-10H,4-8H2,1-3H3. The van der Waals surface area contributed by atoms with E-state index in [1.54, 1.807) is 0 Å². The highest BCUT2D eigenvalue weighted by molar-refractivity contribution is 6.71. The summed E-state index contributed by atoms with van der Waals surface area (Å²) in [4.78, 5) is 0. The Hall–Kier alpha value is -0.813. The van der Waals surface area contributed by atoms with Crippen LogP contribution in [0.25, 0.3) is 0 Å². The summed E-state index contributed by atoms with van der Waals surface area (Å²) >= 11 is 0. The van der Waals surface area contributed by atoms with Crippen LogP contribution in [-0.2, 0) is 10.8 Å². The quantitative estimate of drug-likeness (QED) is 0.524. The molecule has 1 aromatic carbocycles. The molecule has 0 fully saturated rings. The van der Waals surface area contributed by atoms with E-state index in [2.05, 4.69) is 13.1 Å². The molecule has 0 aliphatic rings. The van der Waals surface area contributed by atoms with Crippen LogP contribution in [0.4, 0.5) is 13.2 Å². The minimum Gasteiger partial charge on any atom is -0.418 e. The molecule has 1 aromatic rings. The molecule has 0 radical (unpaired) electrons. The molecular weight excluding hydrogens is 269 g/mol. The highest BCUT2D eigenvalue weighted by atomic mass is 28.4. The van der Waals surface area contributed by atoms with Crippen molar-refractivity contribution in [1.82, 2.24) is 0 Å². The zero-order valence-electron chi connectivity index (χ0n) is 11.7. The third kappa shape index (κ3) is 5.36. The van der Waals surface area contributed by atoms with E-state index >= 15 is 0 Å². The van der Waals surface area contributed by atoms with E-state index in [0.29, 0.717) is 19.4 Å². The summed E-state index contributed by atoms with van der Waals surface area (Å²) in [6.07, 6.45) is 1.85. The maximum absolute atomic E-state index is 13.4. The van der Waals surface area contributed by atoms with Crippen LogP contribution in [0.3, 0.4) is 0 Å². The van der Waals surface area contributed by atoms with Gasteiger partial charge in [0, 0.05) is 24.3 Å². The Morgan fingerprint density at radius 3 is 2.16 bits per heavy atom. The van der Waals surface area contributed by atoms with Crippen LogP contribution < -0.4 is 0 Å². The SMILES string of the molecule is CCO[Si](C)(C)CCCCc1c(F)cc(F)cc1F. The number of benzene rings is 1. The zero-order chi connectivity index (χ0) is 14.5. The Bertz CT molecular complexity index is 398. The molecule has 5 heteroatoms. The van der Waals surface area contributed by atoms with Gasteiger partial charge < -0.3 is 4.43 Å². The van der Waals surface area contributed by atoms with E-state index in [0.717, 1.165) is 24.6 Å². The van der Waals surface area contributed by atoms with Crippen LogP contribution in [0.2, 0.25) is 19.1 Å². The molecule has 0 amide bonds. The molecule has 0 spiro atoms. The van der Waals surface area contributed by atoms with Gasteiger partial charge >= 0.3 is 0 Å². The number of hydrogen-bond acceptors (Lipinski definition) is 1. The molecule has 0 unspecified atom stereocenters. The molecule has 0 N–H and O–H groups in total. The van der Waals surface area contributed by atoms with Crippen LogP contribution >= 0.6 is 0 Å². The van der Waals surface area contributed by atoms with Gasteiger partial charge in [-0.2, -0.15) is 0 Å². The maximum Gasteiger partial charge on any atom is 0.186 e. The Kier molecular flexibility index (Phi) is 6.07. The van der Waals surface area contributed by atoms with Gasteiger partial charge in [0.05, 0.1) is 0 Å². The first-order valence-electron chi connectivity index (χ1n) is 6.63.